The molecule has 0 aromatic heterocycles. The van der Waals surface area contributed by atoms with Crippen LogP contribution >= 0.6 is 27.5 Å². The minimum atomic E-state index is -0.361. The molecule has 0 aliphatic heterocycles. The van der Waals surface area contributed by atoms with E-state index >= 15 is 0 Å². The third-order valence-corrected chi connectivity index (χ3v) is 6.15. The van der Waals surface area contributed by atoms with Crippen molar-refractivity contribution in [1.29, 1.82) is 0 Å². The number of halogens is 3. The lowest BCUT2D eigenvalue weighted by Crippen LogP contribution is -2.27. The Kier molecular flexibility index (Phi) is 8.64. The fraction of sp³-hybridized carbons (Fsp3) is 0.478. The first-order chi connectivity index (χ1) is 14.1. The zero-order chi connectivity index (χ0) is 20.6. The van der Waals surface area contributed by atoms with Crippen LogP contribution in [0, 0.1) is 5.82 Å². The molecule has 1 saturated carbocycles. The maximum atomic E-state index is 13.3. The highest BCUT2D eigenvalue weighted by molar-refractivity contribution is 9.10. The molecule has 2 aromatic rings. The Morgan fingerprint density at radius 1 is 1.10 bits per heavy atom. The van der Waals surface area contributed by atoms with Gasteiger partial charge in [-0.2, -0.15) is 0 Å². The zero-order valence-electron chi connectivity index (χ0n) is 16.8. The fourth-order valence-electron chi connectivity index (χ4n) is 3.66. The van der Waals surface area contributed by atoms with Crippen LogP contribution in [0.5, 0.6) is 11.5 Å². The van der Waals surface area contributed by atoms with Crippen LogP contribution in [0.25, 0.3) is 0 Å². The smallest absolute Gasteiger partial charge is 0.175 e. The predicted molar refractivity (Wildman–Crippen MR) is 119 cm³/mol. The highest BCUT2D eigenvalue weighted by atomic mass is 79.9. The normalized spacial score (nSPS) is 15.2. The van der Waals surface area contributed by atoms with Crippen molar-refractivity contribution in [3.63, 3.8) is 0 Å². The third kappa shape index (κ3) is 6.59. The van der Waals surface area contributed by atoms with Gasteiger partial charge in [-0.3, -0.25) is 0 Å². The lowest BCUT2D eigenvalue weighted by Gasteiger charge is -2.19. The Morgan fingerprint density at radius 2 is 1.86 bits per heavy atom. The highest BCUT2D eigenvalue weighted by Gasteiger charge is 2.16. The summed E-state index contributed by atoms with van der Waals surface area (Å²) in [5, 5.41) is 4.04. The number of hydrogen-bond acceptors (Lipinski definition) is 3. The SMILES string of the molecule is CCOc1cc(CNC2CCCCCC2)cc(Br)c1OCc1ccc(F)cc1Cl. The number of nitrogens with one attached hydrogen (secondary N) is 1. The van der Waals surface area contributed by atoms with E-state index in [1.54, 1.807) is 6.07 Å². The van der Waals surface area contributed by atoms with Crippen molar-refractivity contribution in [2.75, 3.05) is 6.61 Å². The highest BCUT2D eigenvalue weighted by Crippen LogP contribution is 2.38. The standard InChI is InChI=1S/C23H28BrClFNO2/c1-2-28-22-12-16(14-27-19-7-5-3-4-6-8-19)11-20(24)23(22)29-15-17-9-10-18(26)13-21(17)25/h9-13,19,27H,2-8,14-15H2,1H3. The Bertz CT molecular complexity index is 810. The molecule has 0 radical (unpaired) electrons. The Labute approximate surface area is 186 Å². The maximum Gasteiger partial charge on any atom is 0.175 e. The summed E-state index contributed by atoms with van der Waals surface area (Å²) in [5.41, 5.74) is 1.87. The van der Waals surface area contributed by atoms with E-state index in [1.807, 2.05) is 13.0 Å². The first-order valence-electron chi connectivity index (χ1n) is 10.3. The van der Waals surface area contributed by atoms with Gasteiger partial charge in [0, 0.05) is 18.2 Å². The van der Waals surface area contributed by atoms with Crippen molar-refractivity contribution in [1.82, 2.24) is 5.32 Å². The monoisotopic (exact) mass is 483 g/mol. The molecule has 0 unspecified atom stereocenters. The summed E-state index contributed by atoms with van der Waals surface area (Å²) in [6.45, 7) is 3.52. The van der Waals surface area contributed by atoms with E-state index in [0.717, 1.165) is 22.1 Å². The molecule has 1 aliphatic carbocycles. The van der Waals surface area contributed by atoms with Crippen LogP contribution in [0.15, 0.2) is 34.8 Å². The summed E-state index contributed by atoms with van der Waals surface area (Å²) in [6.07, 6.45) is 7.82. The third-order valence-electron chi connectivity index (χ3n) is 5.21. The van der Waals surface area contributed by atoms with E-state index in [2.05, 4.69) is 27.3 Å². The van der Waals surface area contributed by atoms with Gasteiger partial charge in [0.25, 0.3) is 0 Å². The summed E-state index contributed by atoms with van der Waals surface area (Å²) in [6, 6.07) is 8.99. The van der Waals surface area contributed by atoms with Crippen LogP contribution in [0.3, 0.4) is 0 Å². The fourth-order valence-corrected chi connectivity index (χ4v) is 4.49. The van der Waals surface area contributed by atoms with Gasteiger partial charge in [-0.1, -0.05) is 43.4 Å². The first kappa shape index (κ1) is 22.4. The molecule has 158 valence electrons. The summed E-state index contributed by atoms with van der Waals surface area (Å²) < 4.78 is 25.9. The van der Waals surface area contributed by atoms with Crippen molar-refractivity contribution >= 4 is 27.5 Å². The van der Waals surface area contributed by atoms with E-state index < -0.39 is 0 Å². The van der Waals surface area contributed by atoms with Gasteiger partial charge in [0.15, 0.2) is 11.5 Å². The molecule has 0 saturated heterocycles. The molecule has 3 nitrogen and oxygen atoms in total. The van der Waals surface area contributed by atoms with E-state index in [1.165, 1.54) is 50.7 Å². The van der Waals surface area contributed by atoms with Gasteiger partial charge < -0.3 is 14.8 Å². The van der Waals surface area contributed by atoms with Crippen LogP contribution in [-0.4, -0.2) is 12.6 Å². The lowest BCUT2D eigenvalue weighted by atomic mass is 10.1. The molecule has 6 heteroatoms. The predicted octanol–water partition coefficient (Wildman–Crippen LogP) is 7.03. The molecule has 0 atom stereocenters. The van der Waals surface area contributed by atoms with E-state index in [9.17, 15) is 4.39 Å². The molecule has 3 rings (SSSR count). The quantitative estimate of drug-likeness (QED) is 0.408. The summed E-state index contributed by atoms with van der Waals surface area (Å²) in [7, 11) is 0. The number of ether oxygens (including phenoxy) is 2. The van der Waals surface area contributed by atoms with Crippen LogP contribution in [-0.2, 0) is 13.2 Å². The minimum absolute atomic E-state index is 0.234. The molecule has 29 heavy (non-hydrogen) atoms. The summed E-state index contributed by atoms with van der Waals surface area (Å²) in [4.78, 5) is 0. The average Bonchev–Trinajstić information content (AvgIpc) is 2.96. The van der Waals surface area contributed by atoms with Crippen LogP contribution < -0.4 is 14.8 Å². The molecule has 1 N–H and O–H groups in total. The summed E-state index contributed by atoms with van der Waals surface area (Å²) >= 11 is 9.74. The number of hydrogen-bond donors (Lipinski definition) is 1. The second-order valence-corrected chi connectivity index (χ2v) is 8.69. The molecule has 0 spiro atoms. The molecule has 1 aliphatic rings. The van der Waals surface area contributed by atoms with Crippen molar-refractivity contribution in [3.8, 4) is 11.5 Å². The van der Waals surface area contributed by atoms with Crippen molar-refractivity contribution in [2.45, 2.75) is 64.6 Å². The number of benzene rings is 2. The van der Waals surface area contributed by atoms with Gasteiger partial charge >= 0.3 is 0 Å². The van der Waals surface area contributed by atoms with Crippen molar-refractivity contribution in [3.05, 3.63) is 56.8 Å². The second kappa shape index (κ2) is 11.2. The van der Waals surface area contributed by atoms with Gasteiger partial charge in [0.1, 0.15) is 12.4 Å². The molecular formula is C23H28BrClFNO2. The Balaban J connectivity index is 1.69. The molecule has 1 fully saturated rings. The van der Waals surface area contributed by atoms with Gasteiger partial charge in [-0.15, -0.1) is 0 Å². The first-order valence-corrected chi connectivity index (χ1v) is 11.5. The maximum absolute atomic E-state index is 13.3. The van der Waals surface area contributed by atoms with E-state index in [-0.39, 0.29) is 12.4 Å². The van der Waals surface area contributed by atoms with E-state index in [4.69, 9.17) is 21.1 Å². The average molecular weight is 485 g/mol. The summed E-state index contributed by atoms with van der Waals surface area (Å²) in [5.74, 6) is 0.962. The molecular weight excluding hydrogens is 457 g/mol. The lowest BCUT2D eigenvalue weighted by molar-refractivity contribution is 0.267. The molecule has 0 bridgehead atoms. The zero-order valence-corrected chi connectivity index (χ0v) is 19.1. The molecule has 0 heterocycles. The largest absolute Gasteiger partial charge is 0.490 e. The van der Waals surface area contributed by atoms with Gasteiger partial charge in [0.2, 0.25) is 0 Å². The Hall–Kier alpha value is -1.30. The topological polar surface area (TPSA) is 30.5 Å². The number of rotatable bonds is 8. The van der Waals surface area contributed by atoms with E-state index in [0.29, 0.717) is 29.2 Å². The van der Waals surface area contributed by atoms with Gasteiger partial charge in [-0.05, 0) is 65.5 Å². The van der Waals surface area contributed by atoms with Crippen molar-refractivity contribution < 1.29 is 13.9 Å². The van der Waals surface area contributed by atoms with Crippen LogP contribution in [0.4, 0.5) is 4.39 Å². The minimum Gasteiger partial charge on any atom is -0.490 e. The van der Waals surface area contributed by atoms with Crippen LogP contribution in [0.1, 0.15) is 56.6 Å². The Morgan fingerprint density at radius 3 is 2.55 bits per heavy atom. The molecule has 2 aromatic carbocycles. The van der Waals surface area contributed by atoms with Crippen molar-refractivity contribution in [2.24, 2.45) is 0 Å². The second-order valence-electron chi connectivity index (χ2n) is 7.43. The van der Waals surface area contributed by atoms with Gasteiger partial charge in [0.05, 0.1) is 16.1 Å². The van der Waals surface area contributed by atoms with Gasteiger partial charge in [-0.25, -0.2) is 4.39 Å². The van der Waals surface area contributed by atoms with Crippen LogP contribution in [0.2, 0.25) is 5.02 Å². The molecule has 0 amide bonds.